The second kappa shape index (κ2) is 16.5. The number of nitrogens with zero attached hydrogens (tertiary/aromatic N) is 1. The number of halogens is 4. The largest absolute Gasteiger partial charge is 1.00 e. The first kappa shape index (κ1) is 33.1. The molecule has 1 saturated heterocycles. The summed E-state index contributed by atoms with van der Waals surface area (Å²) in [6, 6.07) is 0. The SMILES string of the molecule is C1CCOC1.CON(C)C(=O)C1CCC(F)(F)CC1.O=CC1CCC(F)(F)CC1.[AlH3].[H-].[Li+]. The first-order valence-electron chi connectivity index (χ1n) is 10.2. The maximum absolute atomic E-state index is 12.8. The zero-order valence-electron chi connectivity index (χ0n) is 19.3. The molecule has 31 heavy (non-hydrogen) atoms. The maximum atomic E-state index is 12.8. The van der Waals surface area contributed by atoms with E-state index in [-0.39, 0.29) is 93.9 Å². The van der Waals surface area contributed by atoms with Crippen LogP contribution in [0, 0.1) is 11.8 Å². The van der Waals surface area contributed by atoms with Gasteiger partial charge in [0.15, 0.2) is 17.4 Å². The first-order chi connectivity index (χ1) is 13.6. The molecule has 0 aromatic heterocycles. The molecular weight excluding hydrogens is 428 g/mol. The Morgan fingerprint density at radius 2 is 1.42 bits per heavy atom. The summed E-state index contributed by atoms with van der Waals surface area (Å²) >= 11 is 0. The molecule has 0 bridgehead atoms. The molecule has 1 aliphatic heterocycles. The Hall–Kier alpha value is -0.0901. The van der Waals surface area contributed by atoms with Gasteiger partial charge in [0.05, 0.1) is 7.11 Å². The van der Waals surface area contributed by atoms with E-state index in [2.05, 4.69) is 0 Å². The van der Waals surface area contributed by atoms with E-state index in [1.807, 2.05) is 0 Å². The summed E-state index contributed by atoms with van der Waals surface area (Å²) in [5.74, 6) is -5.70. The molecule has 1 amide bonds. The smallest absolute Gasteiger partial charge is 1.00 e. The number of carbonyl (C=O) groups is 2. The van der Waals surface area contributed by atoms with Gasteiger partial charge in [-0.1, -0.05) is 0 Å². The number of alkyl halides is 4. The van der Waals surface area contributed by atoms with Crippen molar-refractivity contribution in [2.75, 3.05) is 27.4 Å². The van der Waals surface area contributed by atoms with Gasteiger partial charge in [-0.25, -0.2) is 22.6 Å². The Labute approximate surface area is 206 Å². The van der Waals surface area contributed by atoms with Crippen LogP contribution in [-0.4, -0.2) is 73.8 Å². The van der Waals surface area contributed by atoms with E-state index in [1.165, 1.54) is 27.0 Å². The standard InChI is InChI=1S/C9H15F2NO2.C7H10F2O.C4H8O.Al.Li.4H/c1-12(14-2)8(13)7-3-5-9(10,11)6-4-7;8-7(9)3-1-6(5-10)2-4-7;1-2-4-5-3-1;;;;;;/h7H,3-6H2,1-2H3;5-6H,1-4H2;1-4H2;;;;;;/q;;;;+1;;;;-1. The van der Waals surface area contributed by atoms with Crippen molar-refractivity contribution >= 4 is 29.6 Å². The number of hydrogen-bond acceptors (Lipinski definition) is 4. The van der Waals surface area contributed by atoms with Crippen LogP contribution in [0.25, 0.3) is 0 Å². The van der Waals surface area contributed by atoms with Crippen molar-refractivity contribution in [2.24, 2.45) is 11.8 Å². The van der Waals surface area contributed by atoms with Crippen LogP contribution < -0.4 is 18.9 Å². The van der Waals surface area contributed by atoms with Crippen LogP contribution in [0.4, 0.5) is 17.6 Å². The molecule has 3 aliphatic rings. The van der Waals surface area contributed by atoms with Crippen LogP contribution >= 0.6 is 0 Å². The fourth-order valence-electron chi connectivity index (χ4n) is 3.34. The molecule has 0 unspecified atom stereocenters. The monoisotopic (exact) mass is 465 g/mol. The third-order valence-electron chi connectivity index (χ3n) is 5.43. The van der Waals surface area contributed by atoms with E-state index in [0.29, 0.717) is 12.8 Å². The summed E-state index contributed by atoms with van der Waals surface area (Å²) in [5, 5.41) is 1.11. The van der Waals surface area contributed by atoms with Crippen molar-refractivity contribution in [1.29, 1.82) is 0 Å². The summed E-state index contributed by atoms with van der Waals surface area (Å²) in [7, 11) is 2.88. The number of hydrogen-bond donors (Lipinski definition) is 0. The quantitative estimate of drug-likeness (QED) is 0.265. The van der Waals surface area contributed by atoms with Crippen molar-refractivity contribution in [1.82, 2.24) is 5.06 Å². The van der Waals surface area contributed by atoms with Crippen LogP contribution in [0.3, 0.4) is 0 Å². The summed E-state index contributed by atoms with van der Waals surface area (Å²) in [5.41, 5.74) is 0. The molecule has 0 N–H and O–H groups in total. The number of aldehydes is 1. The van der Waals surface area contributed by atoms with Gasteiger partial charge in [-0.2, -0.15) is 0 Å². The zero-order chi connectivity index (χ0) is 21.9. The predicted molar refractivity (Wildman–Crippen MR) is 111 cm³/mol. The normalized spacial score (nSPS) is 22.3. The molecule has 2 aliphatic carbocycles. The molecule has 0 radical (unpaired) electrons. The van der Waals surface area contributed by atoms with E-state index in [4.69, 9.17) is 9.57 Å². The van der Waals surface area contributed by atoms with Crippen molar-refractivity contribution in [3.63, 3.8) is 0 Å². The van der Waals surface area contributed by atoms with Gasteiger partial charge in [0.1, 0.15) is 6.29 Å². The molecule has 3 fully saturated rings. The van der Waals surface area contributed by atoms with Crippen LogP contribution in [-0.2, 0) is 19.2 Å². The fourth-order valence-corrected chi connectivity index (χ4v) is 3.34. The van der Waals surface area contributed by atoms with Crippen molar-refractivity contribution in [2.45, 2.75) is 76.1 Å². The van der Waals surface area contributed by atoms with Gasteiger partial charge >= 0.3 is 18.9 Å². The van der Waals surface area contributed by atoms with Gasteiger partial charge < -0.3 is 11.0 Å². The molecule has 1 heterocycles. The molecule has 3 rings (SSSR count). The summed E-state index contributed by atoms with van der Waals surface area (Å²) in [6.45, 7) is 2.00. The molecule has 0 spiro atoms. The van der Waals surface area contributed by atoms with Gasteiger partial charge in [0, 0.05) is 57.8 Å². The minimum Gasteiger partial charge on any atom is -1.00 e. The molecule has 178 valence electrons. The summed E-state index contributed by atoms with van der Waals surface area (Å²) in [6.07, 6.45) is 3.94. The summed E-state index contributed by atoms with van der Waals surface area (Å²) < 4.78 is 55.3. The van der Waals surface area contributed by atoms with Crippen molar-refractivity contribution in [3.05, 3.63) is 0 Å². The Kier molecular flexibility index (Phi) is 17.6. The van der Waals surface area contributed by atoms with E-state index >= 15 is 0 Å². The molecule has 0 aromatic carbocycles. The molecule has 2 saturated carbocycles. The number of ether oxygens (including phenoxy) is 1. The van der Waals surface area contributed by atoms with Crippen molar-refractivity contribution < 1.29 is 57.0 Å². The molecule has 5 nitrogen and oxygen atoms in total. The topological polar surface area (TPSA) is 55.8 Å². The third-order valence-corrected chi connectivity index (χ3v) is 5.43. The van der Waals surface area contributed by atoms with Crippen LogP contribution in [0.1, 0.15) is 65.6 Å². The van der Waals surface area contributed by atoms with E-state index in [9.17, 15) is 27.2 Å². The first-order valence-corrected chi connectivity index (χ1v) is 10.2. The van der Waals surface area contributed by atoms with Gasteiger partial charge in [-0.05, 0) is 38.5 Å². The summed E-state index contributed by atoms with van der Waals surface area (Å²) in [4.78, 5) is 26.3. The van der Waals surface area contributed by atoms with Crippen LogP contribution in [0.5, 0.6) is 0 Å². The van der Waals surface area contributed by atoms with Gasteiger partial charge in [0.2, 0.25) is 17.8 Å². The Balaban J connectivity index is -0.000000411. The van der Waals surface area contributed by atoms with Crippen LogP contribution in [0.2, 0.25) is 0 Å². The second-order valence-electron chi connectivity index (χ2n) is 7.80. The minimum atomic E-state index is -2.58. The molecule has 0 atom stereocenters. The van der Waals surface area contributed by atoms with Gasteiger partial charge in [-0.15, -0.1) is 0 Å². The third kappa shape index (κ3) is 13.9. The van der Waals surface area contributed by atoms with E-state index in [0.717, 1.165) is 24.6 Å². The average molecular weight is 465 g/mol. The molecular formula is C20H37AlF4LiNO4. The maximum Gasteiger partial charge on any atom is 1.00 e. The Morgan fingerprint density at radius 3 is 1.74 bits per heavy atom. The number of rotatable bonds is 3. The molecule has 0 aromatic rings. The average Bonchev–Trinajstić information content (AvgIpc) is 3.27. The van der Waals surface area contributed by atoms with E-state index < -0.39 is 11.8 Å². The Bertz CT molecular complexity index is 492. The van der Waals surface area contributed by atoms with Gasteiger partial charge in [-0.3, -0.25) is 9.63 Å². The fraction of sp³-hybridized carbons (Fsp3) is 0.900. The second-order valence-corrected chi connectivity index (χ2v) is 7.80. The van der Waals surface area contributed by atoms with Crippen LogP contribution in [0.15, 0.2) is 0 Å². The van der Waals surface area contributed by atoms with Crippen molar-refractivity contribution in [3.8, 4) is 0 Å². The molecule has 11 heteroatoms. The zero-order valence-corrected chi connectivity index (χ0v) is 18.3. The number of hydroxylamine groups is 2. The van der Waals surface area contributed by atoms with Gasteiger partial charge in [0.25, 0.3) is 0 Å². The Morgan fingerprint density at radius 1 is 1.00 bits per heavy atom. The predicted octanol–water partition coefficient (Wildman–Crippen LogP) is 0.572. The van der Waals surface area contributed by atoms with E-state index in [1.54, 1.807) is 0 Å². The number of amides is 1. The minimum absolute atomic E-state index is 0. The number of carbonyl (C=O) groups excluding carboxylic acids is 2.